The molecule has 5 nitrogen and oxygen atoms in total. The van der Waals surface area contributed by atoms with Crippen molar-refractivity contribution >= 4 is 39.2 Å². The topological polar surface area (TPSA) is 66.8 Å². The van der Waals surface area contributed by atoms with Crippen molar-refractivity contribution in [2.24, 2.45) is 5.92 Å². The lowest BCUT2D eigenvalue weighted by molar-refractivity contribution is -0.131. The van der Waals surface area contributed by atoms with E-state index in [0.717, 1.165) is 12.8 Å². The maximum absolute atomic E-state index is 13.0. The Morgan fingerprint density at radius 1 is 1.36 bits per heavy atom. The zero-order chi connectivity index (χ0) is 18.5. The summed E-state index contributed by atoms with van der Waals surface area (Å²) in [6, 6.07) is 3.01. The summed E-state index contributed by atoms with van der Waals surface area (Å²) in [5.41, 5.74) is -0.769. The molecule has 0 radical (unpaired) electrons. The number of nitrogens with zero attached hydrogens (tertiary/aromatic N) is 1. The average molecular weight is 429 g/mol. The van der Waals surface area contributed by atoms with E-state index in [-0.39, 0.29) is 15.3 Å². The molecule has 1 aromatic rings. The molecule has 2 heterocycles. The van der Waals surface area contributed by atoms with Crippen molar-refractivity contribution in [3.05, 3.63) is 32.8 Å². The van der Waals surface area contributed by atoms with Gasteiger partial charge in [0.1, 0.15) is 21.0 Å². The molecule has 0 aromatic heterocycles. The second kappa shape index (κ2) is 6.32. The van der Waals surface area contributed by atoms with Crippen LogP contribution in [0.2, 0.25) is 0 Å². The van der Waals surface area contributed by atoms with Crippen LogP contribution in [0.4, 0.5) is 0 Å². The number of ether oxygens (including phenoxy) is 1. The fourth-order valence-electron chi connectivity index (χ4n) is 3.26. The number of carbonyl (C=O) groups is 2. The normalized spacial score (nSPS) is 22.4. The third kappa shape index (κ3) is 2.57. The molecule has 3 rings (SSSR count). The van der Waals surface area contributed by atoms with E-state index in [2.05, 4.69) is 29.8 Å². The van der Waals surface area contributed by atoms with Crippen molar-refractivity contribution < 1.29 is 19.4 Å². The number of fused-ring (bicyclic) bond motifs is 1. The van der Waals surface area contributed by atoms with E-state index in [4.69, 9.17) is 16.3 Å². The largest absolute Gasteiger partial charge is 0.508 e. The molecule has 25 heavy (non-hydrogen) atoms. The number of phenolic OH excluding ortho intramolecular Hbond substituents is 1. The molecular formula is C18H19BrClNO4. The van der Waals surface area contributed by atoms with Gasteiger partial charge < -0.3 is 9.84 Å². The number of benzene rings is 1. The van der Waals surface area contributed by atoms with E-state index < -0.39 is 17.4 Å². The maximum atomic E-state index is 13.0. The molecule has 0 fully saturated rings. The predicted octanol–water partition coefficient (Wildman–Crippen LogP) is 3.96. The van der Waals surface area contributed by atoms with Gasteiger partial charge in [0.15, 0.2) is 0 Å². The van der Waals surface area contributed by atoms with Gasteiger partial charge in [-0.25, -0.2) is 0 Å². The molecule has 134 valence electrons. The van der Waals surface area contributed by atoms with Gasteiger partial charge in [-0.1, -0.05) is 31.9 Å². The minimum Gasteiger partial charge on any atom is -0.508 e. The van der Waals surface area contributed by atoms with E-state index in [0.29, 0.717) is 29.2 Å². The van der Waals surface area contributed by atoms with Crippen LogP contribution in [0, 0.1) is 5.92 Å². The van der Waals surface area contributed by atoms with Crippen LogP contribution in [0.15, 0.2) is 21.6 Å². The van der Waals surface area contributed by atoms with Crippen LogP contribution in [0.25, 0.3) is 0 Å². The maximum Gasteiger partial charge on any atom is 0.287 e. The van der Waals surface area contributed by atoms with Gasteiger partial charge in [0, 0.05) is 12.6 Å². The minimum atomic E-state index is -1.68. The van der Waals surface area contributed by atoms with Crippen LogP contribution in [0.3, 0.4) is 0 Å². The molecule has 1 aromatic carbocycles. The summed E-state index contributed by atoms with van der Waals surface area (Å²) in [5.74, 6) is 0.117. The third-order valence-corrected chi connectivity index (χ3v) is 6.11. The number of carbonyl (C=O) groups excluding carboxylic acids is 2. The first-order chi connectivity index (χ1) is 11.7. The van der Waals surface area contributed by atoms with Gasteiger partial charge in [0.2, 0.25) is 5.78 Å². The summed E-state index contributed by atoms with van der Waals surface area (Å²) in [6.45, 7) is 4.26. The first-order valence-electron chi connectivity index (χ1n) is 8.14. The van der Waals surface area contributed by atoms with Crippen LogP contribution < -0.4 is 4.74 Å². The Morgan fingerprint density at radius 3 is 2.60 bits per heavy atom. The van der Waals surface area contributed by atoms with Gasteiger partial charge in [0.25, 0.3) is 11.6 Å². The van der Waals surface area contributed by atoms with Crippen LogP contribution >= 0.6 is 27.5 Å². The lowest BCUT2D eigenvalue weighted by Crippen LogP contribution is -2.53. The van der Waals surface area contributed by atoms with Crippen molar-refractivity contribution in [2.75, 3.05) is 7.05 Å². The predicted molar refractivity (Wildman–Crippen MR) is 98.1 cm³/mol. The molecule has 0 bridgehead atoms. The summed E-state index contributed by atoms with van der Waals surface area (Å²) in [6.07, 6.45) is 2.43. The fourth-order valence-corrected chi connectivity index (χ4v) is 4.13. The Balaban J connectivity index is 2.04. The molecule has 2 aliphatic rings. The Morgan fingerprint density at radius 2 is 2.04 bits per heavy atom. The van der Waals surface area contributed by atoms with Crippen molar-refractivity contribution in [1.29, 1.82) is 0 Å². The molecule has 1 atom stereocenters. The molecule has 1 amide bonds. The molecule has 7 heteroatoms. The highest BCUT2D eigenvalue weighted by Gasteiger charge is 2.61. The zero-order valence-electron chi connectivity index (χ0n) is 14.2. The molecule has 0 saturated heterocycles. The van der Waals surface area contributed by atoms with E-state index in [1.165, 1.54) is 24.1 Å². The Labute approximate surface area is 159 Å². The number of ketones is 1. The highest BCUT2D eigenvalue weighted by atomic mass is 79.9. The van der Waals surface area contributed by atoms with Crippen molar-refractivity contribution in [3.8, 4) is 11.5 Å². The van der Waals surface area contributed by atoms with E-state index in [1.54, 1.807) is 0 Å². The van der Waals surface area contributed by atoms with Gasteiger partial charge in [0.05, 0.1) is 5.56 Å². The summed E-state index contributed by atoms with van der Waals surface area (Å²) >= 11 is 9.43. The van der Waals surface area contributed by atoms with E-state index in [1.807, 2.05) is 0 Å². The van der Waals surface area contributed by atoms with E-state index in [9.17, 15) is 14.7 Å². The highest BCUT2D eigenvalue weighted by Crippen LogP contribution is 2.51. The number of rotatable bonds is 4. The number of phenols is 1. The number of hydrogen-bond donors (Lipinski definition) is 1. The average Bonchev–Trinajstić information content (AvgIpc) is 2.94. The first kappa shape index (κ1) is 18.3. The quantitative estimate of drug-likeness (QED) is 0.788. The molecule has 1 unspecified atom stereocenters. The summed E-state index contributed by atoms with van der Waals surface area (Å²) in [5, 5.41) is 10.3. The summed E-state index contributed by atoms with van der Waals surface area (Å²) < 4.78 is 6.09. The number of hydrogen-bond acceptors (Lipinski definition) is 4. The Kier molecular flexibility index (Phi) is 4.62. The lowest BCUT2D eigenvalue weighted by atomic mass is 9.97. The van der Waals surface area contributed by atoms with Crippen molar-refractivity contribution in [2.45, 2.75) is 38.8 Å². The van der Waals surface area contributed by atoms with Crippen LogP contribution in [0.5, 0.6) is 11.5 Å². The second-order valence-electron chi connectivity index (χ2n) is 6.79. The van der Waals surface area contributed by atoms with Gasteiger partial charge in [-0.15, -0.1) is 0 Å². The minimum absolute atomic E-state index is 0.00817. The molecular weight excluding hydrogens is 410 g/mol. The number of aromatic hydroxyl groups is 1. The lowest BCUT2D eigenvalue weighted by Gasteiger charge is -2.30. The van der Waals surface area contributed by atoms with Gasteiger partial charge in [-0.05, 0) is 46.8 Å². The van der Waals surface area contributed by atoms with Crippen molar-refractivity contribution in [1.82, 2.24) is 4.90 Å². The van der Waals surface area contributed by atoms with Crippen LogP contribution in [-0.4, -0.2) is 34.5 Å². The SMILES string of the molecule is CC(C)CCCc1c(O)ccc2c1OC1(C2=O)C(Cl)=C(Br)C(=O)N1C. The second-order valence-corrected chi connectivity index (χ2v) is 7.96. The molecule has 2 aliphatic heterocycles. The molecule has 0 saturated carbocycles. The zero-order valence-corrected chi connectivity index (χ0v) is 16.6. The number of likely N-dealkylation sites (N-methyl/N-ethyl adjacent to an activating group) is 1. The molecule has 1 spiro atoms. The summed E-state index contributed by atoms with van der Waals surface area (Å²) in [4.78, 5) is 26.5. The smallest absolute Gasteiger partial charge is 0.287 e. The van der Waals surface area contributed by atoms with Crippen LogP contribution in [-0.2, 0) is 11.2 Å². The Hall–Kier alpha value is -1.53. The van der Waals surface area contributed by atoms with E-state index >= 15 is 0 Å². The Bertz CT molecular complexity index is 805. The van der Waals surface area contributed by atoms with Crippen LogP contribution in [0.1, 0.15) is 42.6 Å². The monoisotopic (exact) mass is 427 g/mol. The molecule has 0 aliphatic carbocycles. The fraction of sp³-hybridized carbons (Fsp3) is 0.444. The third-order valence-electron chi connectivity index (χ3n) is 4.70. The number of Topliss-reactive ketones (excluding diaryl/α,β-unsaturated/α-hetero) is 1. The van der Waals surface area contributed by atoms with Crippen molar-refractivity contribution in [3.63, 3.8) is 0 Å². The van der Waals surface area contributed by atoms with Gasteiger partial charge in [-0.3, -0.25) is 14.5 Å². The standard InChI is InChI=1S/C18H19BrClNO4/c1-9(2)5-4-6-10-12(22)8-7-11-14(10)25-18(16(11)23)15(20)13(19)17(24)21(18)3/h7-9,22H,4-6H2,1-3H3. The number of halogens is 2. The number of amides is 1. The van der Waals surface area contributed by atoms with Gasteiger partial charge >= 0.3 is 0 Å². The summed E-state index contributed by atoms with van der Waals surface area (Å²) in [7, 11) is 1.47. The molecule has 1 N–H and O–H groups in total. The first-order valence-corrected chi connectivity index (χ1v) is 9.31. The van der Waals surface area contributed by atoms with Gasteiger partial charge in [-0.2, -0.15) is 0 Å². The highest BCUT2D eigenvalue weighted by molar-refractivity contribution is 9.12.